The van der Waals surface area contributed by atoms with Gasteiger partial charge in [-0.25, -0.2) is 0 Å². The van der Waals surface area contributed by atoms with Crippen molar-refractivity contribution in [3.63, 3.8) is 0 Å². The third-order valence-electron chi connectivity index (χ3n) is 5.62. The third-order valence-corrected chi connectivity index (χ3v) is 6.66. The van der Waals surface area contributed by atoms with E-state index in [-0.39, 0.29) is 62.6 Å². The fourth-order valence-corrected chi connectivity index (χ4v) is 5.06. The molecule has 0 atom stereocenters. The zero-order chi connectivity index (χ0) is 24.5. The molecular weight excluding hydrogens is 474 g/mol. The molecule has 2 aliphatic heterocycles. The molecule has 2 aromatic carbocycles. The first-order valence-corrected chi connectivity index (χ1v) is 11.9. The summed E-state index contributed by atoms with van der Waals surface area (Å²) in [7, 11) is 0. The highest BCUT2D eigenvalue weighted by molar-refractivity contribution is 7.16. The van der Waals surface area contributed by atoms with Gasteiger partial charge >= 0.3 is 5.97 Å². The first kappa shape index (κ1) is 22.8. The molecule has 0 spiro atoms. The van der Waals surface area contributed by atoms with Gasteiger partial charge in [-0.1, -0.05) is 17.4 Å². The van der Waals surface area contributed by atoms with Gasteiger partial charge in [0.2, 0.25) is 18.6 Å². The topological polar surface area (TPSA) is 116 Å². The molecule has 35 heavy (non-hydrogen) atoms. The van der Waals surface area contributed by atoms with E-state index in [4.69, 9.17) is 14.2 Å². The molecule has 1 aromatic heterocycles. The van der Waals surface area contributed by atoms with Crippen LogP contribution in [0.5, 0.6) is 11.5 Å². The second kappa shape index (κ2) is 9.34. The van der Waals surface area contributed by atoms with Crippen molar-refractivity contribution in [2.45, 2.75) is 32.7 Å². The summed E-state index contributed by atoms with van der Waals surface area (Å²) in [6.07, 6.45) is 0.409. The third kappa shape index (κ3) is 4.42. The summed E-state index contributed by atoms with van der Waals surface area (Å²) in [5.74, 6) is -0.314. The number of anilines is 1. The molecule has 1 saturated heterocycles. The van der Waals surface area contributed by atoms with Crippen LogP contribution in [0.3, 0.4) is 0 Å². The maximum Gasteiger partial charge on any atom is 0.307 e. The lowest BCUT2D eigenvalue weighted by Gasteiger charge is -2.14. The van der Waals surface area contributed by atoms with E-state index in [0.29, 0.717) is 22.0 Å². The maximum absolute atomic E-state index is 13.1. The Kier molecular flexibility index (Phi) is 6.08. The van der Waals surface area contributed by atoms with Crippen LogP contribution in [0, 0.1) is 0 Å². The Balaban J connectivity index is 1.53. The van der Waals surface area contributed by atoms with Crippen molar-refractivity contribution in [1.29, 1.82) is 0 Å². The van der Waals surface area contributed by atoms with Crippen LogP contribution in [0.2, 0.25) is 0 Å². The number of aryl methyl sites for hydroxylation is 1. The molecule has 0 bridgehead atoms. The van der Waals surface area contributed by atoms with E-state index in [1.165, 1.54) is 17.4 Å². The Labute approximate surface area is 203 Å². The fraction of sp³-hybridized carbons (Fsp3) is 0.292. The van der Waals surface area contributed by atoms with E-state index in [1.54, 1.807) is 35.8 Å². The van der Waals surface area contributed by atoms with Crippen molar-refractivity contribution in [1.82, 2.24) is 4.57 Å². The lowest BCUT2D eigenvalue weighted by atomic mass is 10.2. The molecule has 3 amide bonds. The van der Waals surface area contributed by atoms with Gasteiger partial charge in [0.05, 0.1) is 28.9 Å². The Bertz CT molecular complexity index is 1420. The van der Waals surface area contributed by atoms with E-state index in [0.717, 1.165) is 15.1 Å². The Hall–Kier alpha value is -3.99. The Morgan fingerprint density at radius 3 is 2.57 bits per heavy atom. The number of imide groups is 1. The van der Waals surface area contributed by atoms with E-state index in [1.807, 2.05) is 6.07 Å². The van der Waals surface area contributed by atoms with Crippen LogP contribution in [0.25, 0.3) is 10.2 Å². The minimum atomic E-state index is -0.539. The molecule has 0 saturated carbocycles. The summed E-state index contributed by atoms with van der Waals surface area (Å²) < 4.78 is 18.6. The molecule has 180 valence electrons. The summed E-state index contributed by atoms with van der Waals surface area (Å²) in [6, 6.07) is 9.90. The highest BCUT2D eigenvalue weighted by Crippen LogP contribution is 2.37. The minimum Gasteiger partial charge on any atom is -0.466 e. The van der Waals surface area contributed by atoms with Crippen LogP contribution in [-0.4, -0.2) is 41.7 Å². The lowest BCUT2D eigenvalue weighted by Crippen LogP contribution is -2.28. The van der Waals surface area contributed by atoms with Crippen molar-refractivity contribution >= 4 is 50.9 Å². The van der Waals surface area contributed by atoms with Gasteiger partial charge in [0, 0.05) is 37.1 Å². The number of fused-ring (bicyclic) bond motifs is 2. The number of thiazole rings is 1. The first-order chi connectivity index (χ1) is 16.9. The van der Waals surface area contributed by atoms with Crippen molar-refractivity contribution in [2.75, 3.05) is 18.3 Å². The summed E-state index contributed by atoms with van der Waals surface area (Å²) >= 11 is 1.28. The molecule has 3 aromatic rings. The van der Waals surface area contributed by atoms with Crippen LogP contribution >= 0.6 is 11.3 Å². The van der Waals surface area contributed by atoms with Crippen LogP contribution < -0.4 is 19.2 Å². The number of esters is 1. The van der Waals surface area contributed by atoms with E-state index < -0.39 is 5.91 Å². The molecule has 0 N–H and O–H groups in total. The van der Waals surface area contributed by atoms with E-state index in [9.17, 15) is 19.2 Å². The Morgan fingerprint density at radius 1 is 1.09 bits per heavy atom. The number of benzene rings is 2. The molecule has 2 aliphatic rings. The van der Waals surface area contributed by atoms with Crippen LogP contribution in [0.4, 0.5) is 5.69 Å². The smallest absolute Gasteiger partial charge is 0.307 e. The number of amides is 3. The van der Waals surface area contributed by atoms with E-state index >= 15 is 0 Å². The SMILES string of the molecule is CCOC(=O)CCn1c(=NC(=O)c2cccc(N3C(=O)CCC3=O)c2)sc2cc3c(cc21)OCO3. The van der Waals surface area contributed by atoms with Crippen molar-refractivity contribution < 1.29 is 33.4 Å². The minimum absolute atomic E-state index is 0.101. The number of hydrogen-bond donors (Lipinski definition) is 0. The molecule has 0 aliphatic carbocycles. The second-order valence-corrected chi connectivity index (χ2v) is 8.86. The van der Waals surface area contributed by atoms with Crippen molar-refractivity contribution in [3.8, 4) is 11.5 Å². The number of hydrogen-bond acceptors (Lipinski definition) is 8. The first-order valence-electron chi connectivity index (χ1n) is 11.1. The molecule has 5 rings (SSSR count). The predicted octanol–water partition coefficient (Wildman–Crippen LogP) is 2.78. The largest absolute Gasteiger partial charge is 0.466 e. The number of carbonyl (C=O) groups is 4. The fourth-order valence-electron chi connectivity index (χ4n) is 3.99. The maximum atomic E-state index is 13.1. The number of rotatable bonds is 6. The van der Waals surface area contributed by atoms with Crippen molar-refractivity contribution in [3.05, 3.63) is 46.8 Å². The van der Waals surface area contributed by atoms with Gasteiger partial charge in [0.15, 0.2) is 16.3 Å². The molecule has 0 radical (unpaired) electrons. The highest BCUT2D eigenvalue weighted by atomic mass is 32.1. The standard InChI is InChI=1S/C24H21N3O7S/c1-2-32-22(30)8-9-26-16-11-17-18(34-13-33-17)12-19(16)35-24(26)25-23(31)14-4-3-5-15(10-14)27-20(28)6-7-21(27)29/h3-5,10-12H,2,6-9,13H2,1H3. The van der Waals surface area contributed by atoms with Gasteiger partial charge in [0.1, 0.15) is 0 Å². The van der Waals surface area contributed by atoms with Crippen LogP contribution in [0.15, 0.2) is 41.4 Å². The normalized spacial score (nSPS) is 15.3. The number of aromatic nitrogens is 1. The quantitative estimate of drug-likeness (QED) is 0.381. The average Bonchev–Trinajstić information content (AvgIpc) is 3.53. The van der Waals surface area contributed by atoms with Crippen molar-refractivity contribution in [2.24, 2.45) is 4.99 Å². The van der Waals surface area contributed by atoms with Gasteiger partial charge in [-0.2, -0.15) is 4.99 Å². The van der Waals surface area contributed by atoms with Gasteiger partial charge in [-0.15, -0.1) is 0 Å². The lowest BCUT2D eigenvalue weighted by molar-refractivity contribution is -0.143. The molecule has 0 unspecified atom stereocenters. The van der Waals surface area contributed by atoms with Crippen LogP contribution in [-0.2, 0) is 25.7 Å². The number of nitrogens with zero attached hydrogens (tertiary/aromatic N) is 3. The molecule has 3 heterocycles. The molecule has 1 fully saturated rings. The van der Waals surface area contributed by atoms with Gasteiger partial charge in [0.25, 0.3) is 5.91 Å². The molecule has 11 heteroatoms. The Morgan fingerprint density at radius 2 is 1.83 bits per heavy atom. The number of ether oxygens (including phenoxy) is 3. The monoisotopic (exact) mass is 495 g/mol. The van der Waals surface area contributed by atoms with Crippen LogP contribution in [0.1, 0.15) is 36.5 Å². The molecule has 10 nitrogen and oxygen atoms in total. The zero-order valence-electron chi connectivity index (χ0n) is 18.8. The number of carbonyl (C=O) groups excluding carboxylic acids is 4. The predicted molar refractivity (Wildman–Crippen MR) is 125 cm³/mol. The second-order valence-electron chi connectivity index (χ2n) is 7.85. The summed E-state index contributed by atoms with van der Waals surface area (Å²) in [5, 5.41) is 0. The highest BCUT2D eigenvalue weighted by Gasteiger charge is 2.30. The zero-order valence-corrected chi connectivity index (χ0v) is 19.6. The van der Waals surface area contributed by atoms with Gasteiger partial charge < -0.3 is 18.8 Å². The summed E-state index contributed by atoms with van der Waals surface area (Å²) in [4.78, 5) is 55.1. The van der Waals surface area contributed by atoms with Gasteiger partial charge in [-0.05, 0) is 25.1 Å². The summed E-state index contributed by atoms with van der Waals surface area (Å²) in [5.41, 5.74) is 1.33. The average molecular weight is 496 g/mol. The van der Waals surface area contributed by atoms with E-state index in [2.05, 4.69) is 4.99 Å². The molecular formula is C24H21N3O7S. The summed E-state index contributed by atoms with van der Waals surface area (Å²) in [6.45, 7) is 2.40. The van der Waals surface area contributed by atoms with Gasteiger partial charge in [-0.3, -0.25) is 24.1 Å².